The average Bonchev–Trinajstić information content (AvgIpc) is 2.84. The molecule has 0 aromatic carbocycles. The van der Waals surface area contributed by atoms with Crippen LogP contribution in [0.3, 0.4) is 0 Å². The number of hydrogen-bond acceptors (Lipinski definition) is 1. The van der Waals surface area contributed by atoms with Gasteiger partial charge in [-0.2, -0.15) is 39.5 Å². The van der Waals surface area contributed by atoms with E-state index in [4.69, 9.17) is 0 Å². The number of rotatable bonds is 4. The fourth-order valence-electron chi connectivity index (χ4n) is 1.01. The Morgan fingerprint density at radius 1 is 0.824 bits per heavy atom. The lowest BCUT2D eigenvalue weighted by Crippen LogP contribution is -2.61. The van der Waals surface area contributed by atoms with Crippen molar-refractivity contribution in [3.63, 3.8) is 0 Å². The quantitative estimate of drug-likeness (QED) is 0.567. The monoisotopic (exact) mass is 276 g/mol. The Hall–Kier alpha value is -0.670. The van der Waals surface area contributed by atoms with Gasteiger partial charge in [0.1, 0.15) is 0 Å². The average molecular weight is 276 g/mol. The number of alkyl halides is 9. The second kappa shape index (κ2) is 3.66. The summed E-state index contributed by atoms with van der Waals surface area (Å²) in [7, 11) is 0. The lowest BCUT2D eigenvalue weighted by Gasteiger charge is -2.33. The Kier molecular flexibility index (Phi) is 3.10. The van der Waals surface area contributed by atoms with Crippen molar-refractivity contribution in [3.05, 3.63) is 0 Å². The molecule has 10 heteroatoms. The Morgan fingerprint density at radius 2 is 1.24 bits per heavy atom. The molecule has 1 aliphatic rings. The molecule has 1 saturated heterocycles. The third-order valence-electron chi connectivity index (χ3n) is 2.10. The van der Waals surface area contributed by atoms with Crippen LogP contribution < -0.4 is 0 Å². The molecular weight excluding hydrogens is 271 g/mol. The van der Waals surface area contributed by atoms with Gasteiger partial charge in [0.05, 0.1) is 12.7 Å². The van der Waals surface area contributed by atoms with E-state index in [1.165, 1.54) is 0 Å². The lowest BCUT2D eigenvalue weighted by molar-refractivity contribution is -0.397. The molecule has 1 rings (SSSR count). The third kappa shape index (κ3) is 2.31. The maximum Gasteiger partial charge on any atom is 0.460 e. The molecule has 102 valence electrons. The first-order chi connectivity index (χ1) is 7.33. The zero-order chi connectivity index (χ0) is 13.7. The van der Waals surface area contributed by atoms with Crippen LogP contribution in [0.15, 0.2) is 0 Å². The maximum atomic E-state index is 12.7. The van der Waals surface area contributed by atoms with Gasteiger partial charge in [-0.15, -0.1) is 0 Å². The van der Waals surface area contributed by atoms with E-state index in [1.54, 1.807) is 0 Å². The van der Waals surface area contributed by atoms with Gasteiger partial charge in [0.2, 0.25) is 0 Å². The molecule has 0 aliphatic carbocycles. The van der Waals surface area contributed by atoms with E-state index < -0.39 is 36.5 Å². The van der Waals surface area contributed by atoms with Crippen molar-refractivity contribution in [2.45, 2.75) is 36.5 Å². The van der Waals surface area contributed by atoms with Crippen LogP contribution in [-0.4, -0.2) is 36.7 Å². The molecule has 0 bridgehead atoms. The summed E-state index contributed by atoms with van der Waals surface area (Å²) in [4.78, 5) is 0. The van der Waals surface area contributed by atoms with Gasteiger partial charge in [-0.3, -0.25) is 0 Å². The van der Waals surface area contributed by atoms with Crippen LogP contribution in [0, 0.1) is 0 Å². The van der Waals surface area contributed by atoms with Gasteiger partial charge in [-0.1, -0.05) is 0 Å². The molecular formula is C7H5F9O. The minimum absolute atomic E-state index is 0.372. The van der Waals surface area contributed by atoms with Crippen molar-refractivity contribution >= 4 is 0 Å². The van der Waals surface area contributed by atoms with Crippen molar-refractivity contribution in [1.29, 1.82) is 0 Å². The van der Waals surface area contributed by atoms with Gasteiger partial charge in [-0.25, -0.2) is 0 Å². The van der Waals surface area contributed by atoms with E-state index in [1.807, 2.05) is 0 Å². The molecule has 0 radical (unpaired) electrons. The largest absolute Gasteiger partial charge is 0.460 e. The molecule has 0 saturated carbocycles. The summed E-state index contributed by atoms with van der Waals surface area (Å²) in [6.07, 6.45) is -10.1. The van der Waals surface area contributed by atoms with E-state index in [9.17, 15) is 39.5 Å². The van der Waals surface area contributed by atoms with E-state index in [-0.39, 0.29) is 6.61 Å². The molecule has 0 spiro atoms. The first-order valence-corrected chi connectivity index (χ1v) is 4.15. The summed E-state index contributed by atoms with van der Waals surface area (Å²) in [6, 6.07) is 0. The molecule has 1 atom stereocenters. The molecule has 0 aromatic rings. The van der Waals surface area contributed by atoms with E-state index >= 15 is 0 Å². The smallest absolute Gasteiger partial charge is 0.373 e. The topological polar surface area (TPSA) is 12.5 Å². The van der Waals surface area contributed by atoms with Crippen LogP contribution in [0.5, 0.6) is 0 Å². The fraction of sp³-hybridized carbons (Fsp3) is 1.00. The van der Waals surface area contributed by atoms with Crippen LogP contribution in [0.2, 0.25) is 0 Å². The van der Waals surface area contributed by atoms with Gasteiger partial charge < -0.3 is 4.74 Å². The number of ether oxygens (including phenoxy) is 1. The molecule has 1 aliphatic heterocycles. The predicted molar refractivity (Wildman–Crippen MR) is 35.3 cm³/mol. The van der Waals surface area contributed by atoms with Crippen molar-refractivity contribution in [2.75, 3.05) is 6.61 Å². The Morgan fingerprint density at radius 3 is 1.53 bits per heavy atom. The van der Waals surface area contributed by atoms with Crippen molar-refractivity contribution < 1.29 is 44.3 Å². The van der Waals surface area contributed by atoms with Crippen molar-refractivity contribution in [2.24, 2.45) is 0 Å². The summed E-state index contributed by atoms with van der Waals surface area (Å²) in [5.74, 6) is -18.8. The van der Waals surface area contributed by atoms with Gasteiger partial charge >= 0.3 is 23.9 Å². The normalized spacial score (nSPS) is 22.8. The summed E-state index contributed by atoms with van der Waals surface area (Å²) in [6.45, 7) is -0.372. The Balaban J connectivity index is 2.98. The molecule has 0 unspecified atom stereocenters. The molecule has 17 heavy (non-hydrogen) atoms. The van der Waals surface area contributed by atoms with Gasteiger partial charge in [0, 0.05) is 6.42 Å². The van der Waals surface area contributed by atoms with E-state index in [0.717, 1.165) is 0 Å². The second-order valence-corrected chi connectivity index (χ2v) is 3.51. The Bertz CT molecular complexity index is 290. The van der Waals surface area contributed by atoms with Crippen molar-refractivity contribution in [3.8, 4) is 0 Å². The number of halogens is 9. The van der Waals surface area contributed by atoms with Crippen molar-refractivity contribution in [1.82, 2.24) is 0 Å². The first kappa shape index (κ1) is 14.4. The van der Waals surface area contributed by atoms with E-state index in [0.29, 0.717) is 0 Å². The van der Waals surface area contributed by atoms with Gasteiger partial charge in [0.15, 0.2) is 0 Å². The lowest BCUT2D eigenvalue weighted by atomic mass is 10.00. The zero-order valence-electron chi connectivity index (χ0n) is 7.80. The standard InChI is InChI=1S/C7H5F9O/c8-4(9,1-3-2-17-3)5(10,11)6(12,13)7(14,15)16/h3H,1-2H2/t3-/m0/s1. The van der Waals surface area contributed by atoms with Gasteiger partial charge in [0.25, 0.3) is 0 Å². The molecule has 1 heterocycles. The highest BCUT2D eigenvalue weighted by molar-refractivity contribution is 5.01. The minimum Gasteiger partial charge on any atom is -0.373 e. The zero-order valence-corrected chi connectivity index (χ0v) is 7.80. The predicted octanol–water partition coefficient (Wildman–Crippen LogP) is 3.24. The fourth-order valence-corrected chi connectivity index (χ4v) is 1.01. The van der Waals surface area contributed by atoms with Crippen LogP contribution in [0.4, 0.5) is 39.5 Å². The second-order valence-electron chi connectivity index (χ2n) is 3.51. The molecule has 0 aromatic heterocycles. The Labute approximate surface area is 88.5 Å². The van der Waals surface area contributed by atoms with E-state index in [2.05, 4.69) is 4.74 Å². The molecule has 0 N–H and O–H groups in total. The van der Waals surface area contributed by atoms with Crippen LogP contribution in [0.1, 0.15) is 6.42 Å². The van der Waals surface area contributed by atoms with Gasteiger partial charge in [-0.05, 0) is 0 Å². The van der Waals surface area contributed by atoms with Crippen LogP contribution in [0.25, 0.3) is 0 Å². The SMILES string of the molecule is FC(F)(F)C(F)(F)C(F)(F)C(F)(F)C[C@H]1CO1. The summed E-state index contributed by atoms with van der Waals surface area (Å²) in [5.41, 5.74) is 0. The maximum absolute atomic E-state index is 12.7. The minimum atomic E-state index is -6.81. The summed E-state index contributed by atoms with van der Waals surface area (Å²) in [5, 5.41) is 0. The first-order valence-electron chi connectivity index (χ1n) is 4.15. The highest BCUT2D eigenvalue weighted by Gasteiger charge is 2.81. The third-order valence-corrected chi connectivity index (χ3v) is 2.10. The van der Waals surface area contributed by atoms with Crippen LogP contribution >= 0.6 is 0 Å². The highest BCUT2D eigenvalue weighted by atomic mass is 19.4. The number of hydrogen-bond donors (Lipinski definition) is 0. The molecule has 1 nitrogen and oxygen atoms in total. The highest BCUT2D eigenvalue weighted by Crippen LogP contribution is 2.54. The molecule has 1 fully saturated rings. The molecule has 0 amide bonds. The summed E-state index contributed by atoms with van der Waals surface area (Å²) >= 11 is 0. The van der Waals surface area contributed by atoms with Crippen LogP contribution in [-0.2, 0) is 4.74 Å². The number of epoxide rings is 1. The summed E-state index contributed by atoms with van der Waals surface area (Å²) < 4.78 is 114.